The van der Waals surface area contributed by atoms with Crippen LogP contribution in [0.4, 0.5) is 10.1 Å². The number of benzene rings is 2. The van der Waals surface area contributed by atoms with Crippen molar-refractivity contribution >= 4 is 17.3 Å². The van der Waals surface area contributed by atoms with E-state index < -0.39 is 5.82 Å². The summed E-state index contributed by atoms with van der Waals surface area (Å²) in [6.07, 6.45) is 0. The second-order valence-electron chi connectivity index (χ2n) is 4.23. The van der Waals surface area contributed by atoms with Gasteiger partial charge in [-0.15, -0.1) is 0 Å². The number of halogens is 2. The first-order chi connectivity index (χ1) is 9.19. The minimum absolute atomic E-state index is 0.134. The highest BCUT2D eigenvalue weighted by molar-refractivity contribution is 6.30. The zero-order valence-corrected chi connectivity index (χ0v) is 11.4. The van der Waals surface area contributed by atoms with Gasteiger partial charge in [0.15, 0.2) is 0 Å². The molecule has 0 aromatic heterocycles. The van der Waals surface area contributed by atoms with E-state index in [-0.39, 0.29) is 5.02 Å². The highest BCUT2D eigenvalue weighted by Crippen LogP contribution is 2.19. The fraction of sp³-hybridized carbons (Fsp3) is 0.200. The van der Waals surface area contributed by atoms with Gasteiger partial charge in [0.1, 0.15) is 5.82 Å². The molecule has 1 N–H and O–H groups in total. The summed E-state index contributed by atoms with van der Waals surface area (Å²) in [5.74, 6) is -0.415. The lowest BCUT2D eigenvalue weighted by molar-refractivity contribution is 0.185. The van der Waals surface area contributed by atoms with Crippen LogP contribution in [0.15, 0.2) is 42.5 Å². The molecule has 0 saturated carbocycles. The molecular weight excluding hydrogens is 265 g/mol. The number of rotatable bonds is 5. The van der Waals surface area contributed by atoms with Gasteiger partial charge < -0.3 is 10.1 Å². The Morgan fingerprint density at radius 3 is 2.42 bits per heavy atom. The topological polar surface area (TPSA) is 21.3 Å². The monoisotopic (exact) mass is 279 g/mol. The molecule has 0 amide bonds. The van der Waals surface area contributed by atoms with Crippen molar-refractivity contribution in [2.24, 2.45) is 0 Å². The van der Waals surface area contributed by atoms with E-state index in [9.17, 15) is 4.39 Å². The average Bonchev–Trinajstić information content (AvgIpc) is 2.42. The van der Waals surface area contributed by atoms with Crippen LogP contribution in [0, 0.1) is 5.82 Å². The summed E-state index contributed by atoms with van der Waals surface area (Å²) in [6.45, 7) is 1.24. The lowest BCUT2D eigenvalue weighted by Crippen LogP contribution is -2.00. The maximum absolute atomic E-state index is 13.3. The van der Waals surface area contributed by atoms with Crippen molar-refractivity contribution in [2.45, 2.75) is 13.2 Å². The standard InChI is InChI=1S/C15H15ClFNO/c1-19-10-12-4-2-11(3-5-12)9-18-13-6-7-14(16)15(17)8-13/h2-8,18H,9-10H2,1H3. The van der Waals surface area contributed by atoms with Gasteiger partial charge in [-0.25, -0.2) is 4.39 Å². The van der Waals surface area contributed by atoms with Gasteiger partial charge in [-0.3, -0.25) is 0 Å². The maximum Gasteiger partial charge on any atom is 0.143 e. The molecule has 0 heterocycles. The average molecular weight is 280 g/mol. The molecule has 4 heteroatoms. The van der Waals surface area contributed by atoms with Gasteiger partial charge in [-0.05, 0) is 29.3 Å². The van der Waals surface area contributed by atoms with E-state index in [1.807, 2.05) is 24.3 Å². The fourth-order valence-corrected chi connectivity index (χ4v) is 1.85. The van der Waals surface area contributed by atoms with Crippen LogP contribution in [0.3, 0.4) is 0 Å². The molecule has 0 spiro atoms. The van der Waals surface area contributed by atoms with Gasteiger partial charge in [0.25, 0.3) is 0 Å². The Morgan fingerprint density at radius 1 is 1.11 bits per heavy atom. The molecule has 100 valence electrons. The number of anilines is 1. The third kappa shape index (κ3) is 3.94. The van der Waals surface area contributed by atoms with E-state index in [4.69, 9.17) is 16.3 Å². The Bertz CT molecular complexity index is 542. The van der Waals surface area contributed by atoms with E-state index >= 15 is 0 Å². The van der Waals surface area contributed by atoms with E-state index in [1.54, 1.807) is 19.2 Å². The van der Waals surface area contributed by atoms with Crippen LogP contribution in [0.5, 0.6) is 0 Å². The number of ether oxygens (including phenoxy) is 1. The van der Waals surface area contributed by atoms with Crippen molar-refractivity contribution < 1.29 is 9.13 Å². The van der Waals surface area contributed by atoms with Gasteiger partial charge in [0.05, 0.1) is 11.6 Å². The highest BCUT2D eigenvalue weighted by Gasteiger charge is 2.01. The molecule has 0 saturated heterocycles. The molecule has 2 rings (SSSR count). The first-order valence-corrected chi connectivity index (χ1v) is 6.32. The largest absolute Gasteiger partial charge is 0.381 e. The molecule has 0 unspecified atom stereocenters. The van der Waals surface area contributed by atoms with Crippen LogP contribution in [0.1, 0.15) is 11.1 Å². The number of methoxy groups -OCH3 is 1. The Labute approximate surface area is 117 Å². The number of hydrogen-bond donors (Lipinski definition) is 1. The van der Waals surface area contributed by atoms with Gasteiger partial charge in [-0.2, -0.15) is 0 Å². The molecule has 0 bridgehead atoms. The molecule has 0 atom stereocenters. The third-order valence-corrected chi connectivity index (χ3v) is 3.06. The summed E-state index contributed by atoms with van der Waals surface area (Å²) in [5, 5.41) is 3.28. The number of nitrogens with one attached hydrogen (secondary N) is 1. The van der Waals surface area contributed by atoms with Crippen molar-refractivity contribution in [2.75, 3.05) is 12.4 Å². The second-order valence-corrected chi connectivity index (χ2v) is 4.64. The molecule has 0 fully saturated rings. The molecule has 2 nitrogen and oxygen atoms in total. The van der Waals surface area contributed by atoms with E-state index in [0.717, 1.165) is 11.1 Å². The maximum atomic E-state index is 13.3. The first kappa shape index (κ1) is 13.8. The van der Waals surface area contributed by atoms with Crippen molar-refractivity contribution in [3.05, 3.63) is 64.4 Å². The molecule has 2 aromatic rings. The Morgan fingerprint density at radius 2 is 1.79 bits per heavy atom. The predicted molar refractivity (Wildman–Crippen MR) is 75.9 cm³/mol. The van der Waals surface area contributed by atoms with Crippen LogP contribution < -0.4 is 5.32 Å². The van der Waals surface area contributed by atoms with E-state index in [2.05, 4.69) is 5.32 Å². The van der Waals surface area contributed by atoms with Crippen molar-refractivity contribution in [1.82, 2.24) is 0 Å². The molecule has 2 aromatic carbocycles. The van der Waals surface area contributed by atoms with Crippen LogP contribution in [-0.2, 0) is 17.9 Å². The Hall–Kier alpha value is -1.58. The quantitative estimate of drug-likeness (QED) is 0.884. The first-order valence-electron chi connectivity index (χ1n) is 5.94. The zero-order chi connectivity index (χ0) is 13.7. The minimum atomic E-state index is -0.415. The van der Waals surface area contributed by atoms with Gasteiger partial charge in [0.2, 0.25) is 0 Å². The van der Waals surface area contributed by atoms with Crippen LogP contribution >= 0.6 is 11.6 Å². The molecule has 0 aliphatic heterocycles. The van der Waals surface area contributed by atoms with E-state index in [0.29, 0.717) is 18.8 Å². The highest BCUT2D eigenvalue weighted by atomic mass is 35.5. The second kappa shape index (κ2) is 6.55. The summed E-state index contributed by atoms with van der Waals surface area (Å²) in [6, 6.07) is 12.8. The predicted octanol–water partition coefficient (Wildman–Crippen LogP) is 4.24. The molecule has 0 aliphatic rings. The lowest BCUT2D eigenvalue weighted by Gasteiger charge is -2.08. The van der Waals surface area contributed by atoms with Crippen molar-refractivity contribution in [3.8, 4) is 0 Å². The van der Waals surface area contributed by atoms with Gasteiger partial charge >= 0.3 is 0 Å². The fourth-order valence-electron chi connectivity index (χ4n) is 1.73. The van der Waals surface area contributed by atoms with Crippen molar-refractivity contribution in [1.29, 1.82) is 0 Å². The summed E-state index contributed by atoms with van der Waals surface area (Å²) in [7, 11) is 1.67. The SMILES string of the molecule is COCc1ccc(CNc2ccc(Cl)c(F)c2)cc1. The third-order valence-electron chi connectivity index (χ3n) is 2.75. The van der Waals surface area contributed by atoms with Gasteiger partial charge in [0, 0.05) is 19.3 Å². The molecule has 19 heavy (non-hydrogen) atoms. The Balaban J connectivity index is 1.96. The summed E-state index contributed by atoms with van der Waals surface area (Å²) < 4.78 is 18.3. The summed E-state index contributed by atoms with van der Waals surface area (Å²) in [4.78, 5) is 0. The summed E-state index contributed by atoms with van der Waals surface area (Å²) in [5.41, 5.74) is 2.96. The van der Waals surface area contributed by atoms with Crippen LogP contribution in [0.2, 0.25) is 5.02 Å². The van der Waals surface area contributed by atoms with Crippen molar-refractivity contribution in [3.63, 3.8) is 0 Å². The lowest BCUT2D eigenvalue weighted by atomic mass is 10.1. The van der Waals surface area contributed by atoms with Gasteiger partial charge in [-0.1, -0.05) is 35.9 Å². The summed E-state index contributed by atoms with van der Waals surface area (Å²) >= 11 is 5.63. The van der Waals surface area contributed by atoms with E-state index in [1.165, 1.54) is 6.07 Å². The van der Waals surface area contributed by atoms with Crippen LogP contribution in [0.25, 0.3) is 0 Å². The zero-order valence-electron chi connectivity index (χ0n) is 10.6. The molecule has 0 aliphatic carbocycles. The van der Waals surface area contributed by atoms with Crippen LogP contribution in [-0.4, -0.2) is 7.11 Å². The molecular formula is C15H15ClFNO. The smallest absolute Gasteiger partial charge is 0.143 e. The molecule has 0 radical (unpaired) electrons. The minimum Gasteiger partial charge on any atom is -0.381 e. The number of hydrogen-bond acceptors (Lipinski definition) is 2. The Kier molecular flexibility index (Phi) is 4.77. The normalized spacial score (nSPS) is 10.5.